The van der Waals surface area contributed by atoms with Crippen molar-refractivity contribution in [2.24, 2.45) is 5.73 Å². The van der Waals surface area contributed by atoms with Crippen molar-refractivity contribution in [2.45, 2.75) is 37.8 Å². The Morgan fingerprint density at radius 2 is 2.17 bits per heavy atom. The summed E-state index contributed by atoms with van der Waals surface area (Å²) < 4.78 is 24.9. The highest BCUT2D eigenvalue weighted by molar-refractivity contribution is 4.95. The van der Waals surface area contributed by atoms with Crippen LogP contribution in [-0.2, 0) is 0 Å². The first-order valence-corrected chi connectivity index (χ1v) is 4.23. The number of rotatable bonds is 1. The second-order valence-corrected chi connectivity index (χ2v) is 3.82. The van der Waals surface area contributed by atoms with Crippen molar-refractivity contribution < 1.29 is 8.78 Å². The topological polar surface area (TPSA) is 29.3 Å². The zero-order valence-electron chi connectivity index (χ0n) is 7.56. The van der Waals surface area contributed by atoms with Gasteiger partial charge in [-0.1, -0.05) is 0 Å². The van der Waals surface area contributed by atoms with Crippen LogP contribution in [-0.4, -0.2) is 36.5 Å². The minimum atomic E-state index is -2.39. The fourth-order valence-corrected chi connectivity index (χ4v) is 1.61. The Hall–Kier alpha value is -0.220. The molecule has 0 aromatic carbocycles. The number of likely N-dealkylation sites (tertiary alicyclic amines) is 1. The standard InChI is InChI=1S/C8H16F2N2/c1-6-5-8(11,7(9)10)3-4-12(6)2/h6-7H,3-5,11H2,1-2H3. The van der Waals surface area contributed by atoms with E-state index in [0.717, 1.165) is 0 Å². The molecule has 0 saturated carbocycles. The highest BCUT2D eigenvalue weighted by Crippen LogP contribution is 2.28. The van der Waals surface area contributed by atoms with Crippen LogP contribution in [0.5, 0.6) is 0 Å². The summed E-state index contributed by atoms with van der Waals surface area (Å²) in [7, 11) is 1.94. The van der Waals surface area contributed by atoms with Crippen molar-refractivity contribution in [1.82, 2.24) is 4.90 Å². The van der Waals surface area contributed by atoms with Crippen LogP contribution in [0.2, 0.25) is 0 Å². The van der Waals surface area contributed by atoms with Gasteiger partial charge in [0.2, 0.25) is 0 Å². The van der Waals surface area contributed by atoms with Crippen LogP contribution < -0.4 is 5.73 Å². The molecule has 1 heterocycles. The predicted octanol–water partition coefficient (Wildman–Crippen LogP) is 1.06. The zero-order chi connectivity index (χ0) is 9.35. The molecular weight excluding hydrogens is 162 g/mol. The summed E-state index contributed by atoms with van der Waals surface area (Å²) in [6.07, 6.45) is -1.61. The summed E-state index contributed by atoms with van der Waals surface area (Å²) in [6, 6.07) is 0.165. The quantitative estimate of drug-likeness (QED) is 0.650. The van der Waals surface area contributed by atoms with Crippen LogP contribution in [0.15, 0.2) is 0 Å². The van der Waals surface area contributed by atoms with Crippen molar-refractivity contribution in [3.8, 4) is 0 Å². The van der Waals surface area contributed by atoms with Gasteiger partial charge in [0.1, 0.15) is 0 Å². The van der Waals surface area contributed by atoms with E-state index in [2.05, 4.69) is 4.90 Å². The molecule has 0 amide bonds. The Bertz CT molecular complexity index is 163. The fourth-order valence-electron chi connectivity index (χ4n) is 1.61. The molecule has 0 bridgehead atoms. The van der Waals surface area contributed by atoms with Crippen molar-refractivity contribution >= 4 is 0 Å². The molecule has 1 saturated heterocycles. The van der Waals surface area contributed by atoms with E-state index in [1.165, 1.54) is 0 Å². The molecule has 12 heavy (non-hydrogen) atoms. The third kappa shape index (κ3) is 1.75. The van der Waals surface area contributed by atoms with E-state index in [1.807, 2.05) is 14.0 Å². The minimum absolute atomic E-state index is 0.165. The van der Waals surface area contributed by atoms with Gasteiger partial charge in [0, 0.05) is 12.6 Å². The second-order valence-electron chi connectivity index (χ2n) is 3.82. The lowest BCUT2D eigenvalue weighted by atomic mass is 9.85. The van der Waals surface area contributed by atoms with E-state index in [1.54, 1.807) is 0 Å². The monoisotopic (exact) mass is 178 g/mol. The molecule has 1 fully saturated rings. The molecule has 1 rings (SSSR count). The van der Waals surface area contributed by atoms with Gasteiger partial charge in [-0.2, -0.15) is 0 Å². The SMILES string of the molecule is CC1CC(N)(C(F)F)CCN1C. The molecule has 72 valence electrons. The van der Waals surface area contributed by atoms with Gasteiger partial charge in [-0.25, -0.2) is 8.78 Å². The van der Waals surface area contributed by atoms with E-state index < -0.39 is 12.0 Å². The van der Waals surface area contributed by atoms with Crippen molar-refractivity contribution in [1.29, 1.82) is 0 Å². The average molecular weight is 178 g/mol. The van der Waals surface area contributed by atoms with Gasteiger partial charge in [0.05, 0.1) is 5.54 Å². The summed E-state index contributed by atoms with van der Waals surface area (Å²) in [5, 5.41) is 0. The van der Waals surface area contributed by atoms with Gasteiger partial charge in [-0.15, -0.1) is 0 Å². The fraction of sp³-hybridized carbons (Fsp3) is 1.00. The Morgan fingerprint density at radius 1 is 1.58 bits per heavy atom. The summed E-state index contributed by atoms with van der Waals surface area (Å²) in [5.41, 5.74) is 4.33. The van der Waals surface area contributed by atoms with Crippen LogP contribution in [0, 0.1) is 0 Å². The molecule has 2 unspecified atom stereocenters. The van der Waals surface area contributed by atoms with Gasteiger partial charge in [-0.05, 0) is 26.8 Å². The Morgan fingerprint density at radius 3 is 2.58 bits per heavy atom. The molecule has 4 heteroatoms. The number of nitrogens with two attached hydrogens (primary N) is 1. The number of nitrogens with zero attached hydrogens (tertiary/aromatic N) is 1. The van der Waals surface area contributed by atoms with E-state index in [0.29, 0.717) is 19.4 Å². The lowest BCUT2D eigenvalue weighted by Gasteiger charge is -2.41. The average Bonchev–Trinajstić information content (AvgIpc) is 1.97. The number of alkyl halides is 2. The molecule has 2 atom stereocenters. The second kappa shape index (κ2) is 3.26. The Balaban J connectivity index is 2.60. The summed E-state index contributed by atoms with van der Waals surface area (Å²) >= 11 is 0. The number of piperidine rings is 1. The molecule has 2 nitrogen and oxygen atoms in total. The molecule has 0 radical (unpaired) electrons. The van der Waals surface area contributed by atoms with E-state index in [-0.39, 0.29) is 6.04 Å². The largest absolute Gasteiger partial charge is 0.320 e. The van der Waals surface area contributed by atoms with Crippen molar-refractivity contribution in [3.63, 3.8) is 0 Å². The molecular formula is C8H16F2N2. The first kappa shape index (κ1) is 9.86. The van der Waals surface area contributed by atoms with Crippen LogP contribution in [0.3, 0.4) is 0 Å². The minimum Gasteiger partial charge on any atom is -0.320 e. The van der Waals surface area contributed by atoms with E-state index in [9.17, 15) is 8.78 Å². The summed E-state index contributed by atoms with van der Waals surface area (Å²) in [4.78, 5) is 2.06. The van der Waals surface area contributed by atoms with Crippen molar-refractivity contribution in [2.75, 3.05) is 13.6 Å². The maximum Gasteiger partial charge on any atom is 0.256 e. The summed E-state index contributed by atoms with van der Waals surface area (Å²) in [6.45, 7) is 2.60. The predicted molar refractivity (Wildman–Crippen MR) is 44.2 cm³/mol. The van der Waals surface area contributed by atoms with Crippen molar-refractivity contribution in [3.05, 3.63) is 0 Å². The third-order valence-corrected chi connectivity index (χ3v) is 2.79. The van der Waals surface area contributed by atoms with Crippen LogP contribution >= 0.6 is 0 Å². The molecule has 2 N–H and O–H groups in total. The van der Waals surface area contributed by atoms with Gasteiger partial charge in [-0.3, -0.25) is 0 Å². The Labute approximate surface area is 71.7 Å². The van der Waals surface area contributed by atoms with E-state index in [4.69, 9.17) is 5.73 Å². The molecule has 1 aliphatic heterocycles. The maximum atomic E-state index is 12.5. The number of halogens is 2. The molecule has 0 spiro atoms. The van der Waals surface area contributed by atoms with Crippen LogP contribution in [0.1, 0.15) is 19.8 Å². The lowest BCUT2D eigenvalue weighted by molar-refractivity contribution is 0.000123. The highest BCUT2D eigenvalue weighted by atomic mass is 19.3. The summed E-state index contributed by atoms with van der Waals surface area (Å²) in [5.74, 6) is 0. The van der Waals surface area contributed by atoms with Gasteiger partial charge in [0.25, 0.3) is 6.43 Å². The number of hydrogen-bond donors (Lipinski definition) is 1. The highest BCUT2D eigenvalue weighted by Gasteiger charge is 2.40. The van der Waals surface area contributed by atoms with Gasteiger partial charge >= 0.3 is 0 Å². The zero-order valence-corrected chi connectivity index (χ0v) is 7.56. The molecule has 0 aromatic heterocycles. The van der Waals surface area contributed by atoms with Crippen LogP contribution in [0.4, 0.5) is 8.78 Å². The third-order valence-electron chi connectivity index (χ3n) is 2.79. The number of hydrogen-bond acceptors (Lipinski definition) is 2. The molecule has 0 aromatic rings. The smallest absolute Gasteiger partial charge is 0.256 e. The first-order valence-electron chi connectivity index (χ1n) is 4.23. The molecule has 1 aliphatic rings. The lowest BCUT2D eigenvalue weighted by Crippen LogP contribution is -2.57. The Kier molecular flexibility index (Phi) is 2.68. The van der Waals surface area contributed by atoms with Crippen LogP contribution in [0.25, 0.3) is 0 Å². The van der Waals surface area contributed by atoms with E-state index >= 15 is 0 Å². The first-order chi connectivity index (χ1) is 5.46. The van der Waals surface area contributed by atoms with Gasteiger partial charge in [0.15, 0.2) is 0 Å². The molecule has 0 aliphatic carbocycles. The van der Waals surface area contributed by atoms with Gasteiger partial charge < -0.3 is 10.6 Å². The maximum absolute atomic E-state index is 12.5. The normalized spacial score (nSPS) is 39.0.